The Morgan fingerprint density at radius 1 is 1.09 bits per heavy atom. The van der Waals surface area contributed by atoms with E-state index >= 15 is 0 Å². The van der Waals surface area contributed by atoms with E-state index in [1.54, 1.807) is 71.9 Å². The molecular formula is C23H32N4O5. The minimum absolute atomic E-state index is 0.454. The first-order chi connectivity index (χ1) is 14.6. The van der Waals surface area contributed by atoms with Crippen molar-refractivity contribution in [1.29, 1.82) is 0 Å². The van der Waals surface area contributed by atoms with Crippen LogP contribution in [0, 0.1) is 12.5 Å². The van der Waals surface area contributed by atoms with Gasteiger partial charge < -0.3 is 21.1 Å². The van der Waals surface area contributed by atoms with Gasteiger partial charge in [0.15, 0.2) is 0 Å². The van der Waals surface area contributed by atoms with Crippen LogP contribution in [-0.2, 0) is 19.1 Å². The van der Waals surface area contributed by atoms with Crippen LogP contribution < -0.4 is 16.4 Å². The van der Waals surface area contributed by atoms with Crippen LogP contribution in [0.2, 0.25) is 0 Å². The first kappa shape index (κ1) is 26.5. The van der Waals surface area contributed by atoms with Gasteiger partial charge in [-0.1, -0.05) is 36.8 Å². The van der Waals surface area contributed by atoms with E-state index in [1.807, 2.05) is 0 Å². The van der Waals surface area contributed by atoms with Gasteiger partial charge in [-0.15, -0.1) is 0 Å². The molecule has 0 aliphatic heterocycles. The van der Waals surface area contributed by atoms with Gasteiger partial charge in [0.2, 0.25) is 11.8 Å². The number of hydrogen-bond donors (Lipinski definition) is 3. The van der Waals surface area contributed by atoms with E-state index in [2.05, 4.69) is 16.7 Å². The Morgan fingerprint density at radius 3 is 2.09 bits per heavy atom. The highest BCUT2D eigenvalue weighted by Gasteiger charge is 2.37. The summed E-state index contributed by atoms with van der Waals surface area (Å²) in [5.74, 6) is -2.22. The Balaban J connectivity index is 3.34. The number of nitrogens with one attached hydrogen (secondary N) is 2. The average Bonchev–Trinajstić information content (AvgIpc) is 2.62. The largest absolute Gasteiger partial charge is 0.444 e. The lowest BCUT2D eigenvalue weighted by atomic mass is 10.0. The summed E-state index contributed by atoms with van der Waals surface area (Å²) in [5, 5.41) is 5.14. The van der Waals surface area contributed by atoms with E-state index in [9.17, 15) is 19.2 Å². The van der Waals surface area contributed by atoms with Gasteiger partial charge in [-0.25, -0.2) is 4.79 Å². The summed E-state index contributed by atoms with van der Waals surface area (Å²) in [5.41, 5.74) is 4.29. The maximum atomic E-state index is 13.3. The molecule has 2 atom stereocenters. The zero-order chi connectivity index (χ0) is 24.7. The van der Waals surface area contributed by atoms with Crippen LogP contribution in [0.3, 0.4) is 0 Å². The molecule has 0 fully saturated rings. The Hall–Kier alpha value is -3.54. The van der Waals surface area contributed by atoms with Crippen molar-refractivity contribution in [3.8, 4) is 12.5 Å². The number of nitrogens with two attached hydrogens (primary N) is 1. The first-order valence-corrected chi connectivity index (χ1v) is 10.1. The van der Waals surface area contributed by atoms with E-state index < -0.39 is 53.5 Å². The van der Waals surface area contributed by atoms with Crippen molar-refractivity contribution < 1.29 is 23.9 Å². The number of amides is 4. The number of primary amides is 1. The fourth-order valence-electron chi connectivity index (χ4n) is 2.78. The van der Waals surface area contributed by atoms with Gasteiger partial charge >= 0.3 is 6.09 Å². The predicted octanol–water partition coefficient (Wildman–Crippen LogP) is 1.83. The van der Waals surface area contributed by atoms with Crippen molar-refractivity contribution in [3.63, 3.8) is 0 Å². The molecule has 0 spiro atoms. The van der Waals surface area contributed by atoms with E-state index in [0.717, 1.165) is 4.90 Å². The third-order valence-electron chi connectivity index (χ3n) is 3.89. The molecule has 0 aliphatic carbocycles. The van der Waals surface area contributed by atoms with Crippen molar-refractivity contribution in [1.82, 2.24) is 15.5 Å². The third-order valence-corrected chi connectivity index (χ3v) is 3.89. The third kappa shape index (κ3) is 8.68. The molecule has 0 saturated carbocycles. The Labute approximate surface area is 189 Å². The van der Waals surface area contributed by atoms with E-state index in [-0.39, 0.29) is 0 Å². The second kappa shape index (κ2) is 10.7. The highest BCUT2D eigenvalue weighted by atomic mass is 16.6. The molecule has 0 heterocycles. The molecule has 1 rings (SSSR count). The predicted molar refractivity (Wildman–Crippen MR) is 120 cm³/mol. The lowest BCUT2D eigenvalue weighted by Gasteiger charge is -2.32. The SMILES string of the molecule is C#CN(C(=O)C(CC(N)=O)NC(=O)OC(C)(C)C)C(C(=O)NC(C)(C)C)c1ccccc1. The number of alkyl carbamates (subject to hydrolysis) is 1. The zero-order valence-corrected chi connectivity index (χ0v) is 19.4. The molecule has 32 heavy (non-hydrogen) atoms. The van der Waals surface area contributed by atoms with Crippen LogP contribution in [-0.4, -0.2) is 45.9 Å². The Bertz CT molecular complexity index is 878. The first-order valence-electron chi connectivity index (χ1n) is 10.1. The second-order valence-electron chi connectivity index (χ2n) is 9.26. The summed E-state index contributed by atoms with van der Waals surface area (Å²) in [6.45, 7) is 10.3. The van der Waals surface area contributed by atoms with Crippen LogP contribution >= 0.6 is 0 Å². The summed E-state index contributed by atoms with van der Waals surface area (Å²) in [4.78, 5) is 51.1. The fourth-order valence-corrected chi connectivity index (χ4v) is 2.78. The molecule has 0 radical (unpaired) electrons. The zero-order valence-electron chi connectivity index (χ0n) is 19.4. The van der Waals surface area contributed by atoms with Crippen LogP contribution in [0.5, 0.6) is 0 Å². The van der Waals surface area contributed by atoms with Crippen LogP contribution in [0.4, 0.5) is 4.79 Å². The summed E-state index contributed by atoms with van der Waals surface area (Å²) in [7, 11) is 0. The van der Waals surface area contributed by atoms with Gasteiger partial charge in [-0.2, -0.15) is 0 Å². The summed E-state index contributed by atoms with van der Waals surface area (Å²) in [6, 6.07) is 8.04. The minimum atomic E-state index is -1.42. The van der Waals surface area contributed by atoms with Gasteiger partial charge in [0.25, 0.3) is 5.91 Å². The van der Waals surface area contributed by atoms with Crippen LogP contribution in [0.15, 0.2) is 30.3 Å². The highest BCUT2D eigenvalue weighted by molar-refractivity contribution is 5.95. The van der Waals surface area contributed by atoms with E-state index in [4.69, 9.17) is 16.9 Å². The molecule has 0 aromatic heterocycles. The standard InChI is InChI=1S/C23H32N4O5/c1-8-27(18(15-12-10-9-11-13-15)19(29)26-22(2,3)4)20(30)16(14-17(24)28)25-21(31)32-23(5,6)7/h1,9-13,16,18H,14H2,2-7H3,(H2,24,28)(H,25,31)(H,26,29). The minimum Gasteiger partial charge on any atom is -0.444 e. The monoisotopic (exact) mass is 444 g/mol. The quantitative estimate of drug-likeness (QED) is 0.436. The van der Waals surface area contributed by atoms with E-state index in [1.165, 1.54) is 0 Å². The molecule has 0 bridgehead atoms. The number of nitrogens with zero attached hydrogens (tertiary/aromatic N) is 1. The Kier molecular flexibility index (Phi) is 8.83. The van der Waals surface area contributed by atoms with Crippen molar-refractivity contribution in [2.24, 2.45) is 5.73 Å². The van der Waals surface area contributed by atoms with Crippen molar-refractivity contribution in [2.45, 2.75) is 71.2 Å². The van der Waals surface area contributed by atoms with E-state index in [0.29, 0.717) is 5.56 Å². The molecule has 0 aliphatic rings. The Morgan fingerprint density at radius 2 is 1.66 bits per heavy atom. The number of ether oxygens (including phenoxy) is 1. The summed E-state index contributed by atoms with van der Waals surface area (Å²) >= 11 is 0. The molecule has 0 saturated heterocycles. The smallest absolute Gasteiger partial charge is 0.408 e. The number of carbonyl (C=O) groups is 4. The normalized spacial score (nSPS) is 13.2. The molecule has 1 aromatic rings. The number of benzene rings is 1. The maximum absolute atomic E-state index is 13.3. The van der Waals surface area contributed by atoms with Gasteiger partial charge in [-0.05, 0) is 47.1 Å². The molecule has 4 amide bonds. The lowest BCUT2D eigenvalue weighted by Crippen LogP contribution is -2.54. The summed E-state index contributed by atoms with van der Waals surface area (Å²) < 4.78 is 5.17. The van der Waals surface area contributed by atoms with Crippen LogP contribution in [0.1, 0.15) is 59.6 Å². The molecule has 9 heteroatoms. The van der Waals surface area contributed by atoms with Gasteiger partial charge in [0.1, 0.15) is 17.7 Å². The fraction of sp³-hybridized carbons (Fsp3) is 0.478. The number of rotatable bonds is 7. The van der Waals surface area contributed by atoms with Gasteiger partial charge in [0.05, 0.1) is 6.42 Å². The van der Waals surface area contributed by atoms with Crippen molar-refractivity contribution in [2.75, 3.05) is 0 Å². The number of terminal acetylenes is 1. The second-order valence-corrected chi connectivity index (χ2v) is 9.26. The number of carbonyl (C=O) groups excluding carboxylic acids is 4. The molecular weight excluding hydrogens is 412 g/mol. The molecule has 9 nitrogen and oxygen atoms in total. The molecule has 2 unspecified atom stereocenters. The molecule has 4 N–H and O–H groups in total. The molecule has 1 aromatic carbocycles. The van der Waals surface area contributed by atoms with Crippen molar-refractivity contribution in [3.05, 3.63) is 35.9 Å². The maximum Gasteiger partial charge on any atom is 0.408 e. The summed E-state index contributed by atoms with van der Waals surface area (Å²) in [6.07, 6.45) is 4.17. The van der Waals surface area contributed by atoms with Crippen LogP contribution in [0.25, 0.3) is 0 Å². The lowest BCUT2D eigenvalue weighted by molar-refractivity contribution is -0.140. The molecule has 174 valence electrons. The number of hydrogen-bond acceptors (Lipinski definition) is 5. The highest BCUT2D eigenvalue weighted by Crippen LogP contribution is 2.23. The van der Waals surface area contributed by atoms with Gasteiger partial charge in [0, 0.05) is 11.6 Å². The average molecular weight is 445 g/mol. The topological polar surface area (TPSA) is 131 Å². The van der Waals surface area contributed by atoms with Crippen molar-refractivity contribution >= 4 is 23.8 Å². The van der Waals surface area contributed by atoms with Gasteiger partial charge in [-0.3, -0.25) is 19.3 Å².